The van der Waals surface area contributed by atoms with Crippen LogP contribution in [0.3, 0.4) is 0 Å². The van der Waals surface area contributed by atoms with Crippen LogP contribution < -0.4 is 14.4 Å². The standard InChI is InChI=1S/C19H22N2O6/c1-2-25-19(24)12-4-3-5-20(10-12)11-21-14-9-16-15(26-6-7-27-16)8-13(14)17(22)18(21)23/h8-9,12H,2-7,10-11H2,1H3/t12-/m0/s1. The summed E-state index contributed by atoms with van der Waals surface area (Å²) >= 11 is 0. The molecular weight excluding hydrogens is 352 g/mol. The second-order valence-corrected chi connectivity index (χ2v) is 6.88. The Morgan fingerprint density at radius 1 is 1.22 bits per heavy atom. The van der Waals surface area contributed by atoms with Crippen LogP contribution in [0.25, 0.3) is 0 Å². The smallest absolute Gasteiger partial charge is 0.310 e. The number of ether oxygens (including phenoxy) is 3. The van der Waals surface area contributed by atoms with E-state index in [2.05, 4.69) is 0 Å². The molecule has 0 radical (unpaired) electrons. The molecule has 1 aromatic rings. The minimum absolute atomic E-state index is 0.202. The summed E-state index contributed by atoms with van der Waals surface area (Å²) in [5.74, 6) is -0.483. The lowest BCUT2D eigenvalue weighted by atomic mass is 9.98. The first-order valence-electron chi connectivity index (χ1n) is 9.27. The Morgan fingerprint density at radius 3 is 2.70 bits per heavy atom. The third-order valence-electron chi connectivity index (χ3n) is 5.10. The molecule has 3 heterocycles. The summed E-state index contributed by atoms with van der Waals surface area (Å²) in [5, 5.41) is 0. The Labute approximate surface area is 157 Å². The van der Waals surface area contributed by atoms with Gasteiger partial charge in [-0.15, -0.1) is 0 Å². The van der Waals surface area contributed by atoms with Crippen LogP contribution in [0.1, 0.15) is 30.1 Å². The van der Waals surface area contributed by atoms with Gasteiger partial charge in [0.25, 0.3) is 5.78 Å². The van der Waals surface area contributed by atoms with Gasteiger partial charge in [-0.2, -0.15) is 0 Å². The lowest BCUT2D eigenvalue weighted by molar-refractivity contribution is -0.149. The number of piperidine rings is 1. The Bertz CT molecular complexity index is 793. The van der Waals surface area contributed by atoms with E-state index in [-0.39, 0.29) is 18.6 Å². The van der Waals surface area contributed by atoms with E-state index in [9.17, 15) is 14.4 Å². The van der Waals surface area contributed by atoms with Crippen molar-refractivity contribution in [2.45, 2.75) is 19.8 Å². The fourth-order valence-electron chi connectivity index (χ4n) is 3.81. The number of esters is 1. The molecule has 0 aliphatic carbocycles. The Kier molecular flexibility index (Phi) is 4.73. The molecule has 3 aliphatic heterocycles. The molecule has 8 heteroatoms. The van der Waals surface area contributed by atoms with Crippen molar-refractivity contribution in [3.63, 3.8) is 0 Å². The highest BCUT2D eigenvalue weighted by molar-refractivity contribution is 6.52. The van der Waals surface area contributed by atoms with Gasteiger partial charge in [0, 0.05) is 12.6 Å². The molecule has 0 aromatic heterocycles. The number of nitrogens with zero attached hydrogens (tertiary/aromatic N) is 2. The monoisotopic (exact) mass is 374 g/mol. The predicted molar refractivity (Wildman–Crippen MR) is 95.0 cm³/mol. The summed E-state index contributed by atoms with van der Waals surface area (Å²) in [5.41, 5.74) is 0.871. The van der Waals surface area contributed by atoms with Crippen LogP contribution in [-0.4, -0.2) is 62.1 Å². The van der Waals surface area contributed by atoms with Crippen LogP contribution in [0.4, 0.5) is 5.69 Å². The third kappa shape index (κ3) is 3.25. The highest BCUT2D eigenvalue weighted by Gasteiger charge is 2.39. The van der Waals surface area contributed by atoms with Gasteiger partial charge in [-0.1, -0.05) is 0 Å². The SMILES string of the molecule is CCOC(=O)[C@H]1CCCN(CN2C(=O)C(=O)c3cc4c(cc32)OCCO4)C1. The summed E-state index contributed by atoms with van der Waals surface area (Å²) in [4.78, 5) is 40.5. The second-order valence-electron chi connectivity index (χ2n) is 6.88. The van der Waals surface area contributed by atoms with E-state index in [0.29, 0.717) is 49.1 Å². The van der Waals surface area contributed by atoms with Gasteiger partial charge in [0.2, 0.25) is 0 Å². The lowest BCUT2D eigenvalue weighted by Crippen LogP contribution is -2.46. The average Bonchev–Trinajstić information content (AvgIpc) is 2.91. The number of carbonyl (C=O) groups excluding carboxylic acids is 3. The number of ketones is 1. The van der Waals surface area contributed by atoms with E-state index in [1.165, 1.54) is 4.90 Å². The maximum absolute atomic E-state index is 12.5. The molecule has 0 spiro atoms. The Morgan fingerprint density at radius 2 is 1.96 bits per heavy atom. The molecule has 4 rings (SSSR count). The molecule has 1 atom stereocenters. The van der Waals surface area contributed by atoms with Crippen LogP contribution in [0, 0.1) is 5.92 Å². The number of anilines is 1. The fraction of sp³-hybridized carbons (Fsp3) is 0.526. The summed E-state index contributed by atoms with van der Waals surface area (Å²) in [7, 11) is 0. The maximum atomic E-state index is 12.5. The number of fused-ring (bicyclic) bond motifs is 2. The molecule has 1 fully saturated rings. The molecule has 0 unspecified atom stereocenters. The molecule has 27 heavy (non-hydrogen) atoms. The molecule has 1 aromatic carbocycles. The van der Waals surface area contributed by atoms with Crippen molar-refractivity contribution in [3.8, 4) is 11.5 Å². The van der Waals surface area contributed by atoms with Crippen LogP contribution in [0.2, 0.25) is 0 Å². The summed E-state index contributed by atoms with van der Waals surface area (Å²) in [6.07, 6.45) is 1.62. The highest BCUT2D eigenvalue weighted by atomic mass is 16.6. The minimum Gasteiger partial charge on any atom is -0.486 e. The topological polar surface area (TPSA) is 85.4 Å². The molecular formula is C19H22N2O6. The Hall–Kier alpha value is -2.61. The zero-order chi connectivity index (χ0) is 19.0. The van der Waals surface area contributed by atoms with E-state index in [1.54, 1.807) is 19.1 Å². The number of rotatable bonds is 4. The lowest BCUT2D eigenvalue weighted by Gasteiger charge is -2.34. The molecule has 0 saturated carbocycles. The second kappa shape index (κ2) is 7.19. The number of benzene rings is 1. The minimum atomic E-state index is -0.564. The molecule has 0 bridgehead atoms. The van der Waals surface area contributed by atoms with Crippen molar-refractivity contribution >= 4 is 23.3 Å². The van der Waals surface area contributed by atoms with E-state index in [1.807, 2.05) is 4.90 Å². The molecule has 0 N–H and O–H groups in total. The number of carbonyl (C=O) groups is 3. The number of Topliss-reactive ketones (excluding diaryl/α,β-unsaturated/α-hetero) is 1. The van der Waals surface area contributed by atoms with Gasteiger partial charge in [0.05, 0.1) is 30.4 Å². The van der Waals surface area contributed by atoms with Gasteiger partial charge in [-0.25, -0.2) is 0 Å². The van der Waals surface area contributed by atoms with Crippen molar-refractivity contribution in [2.75, 3.05) is 44.5 Å². The van der Waals surface area contributed by atoms with E-state index in [4.69, 9.17) is 14.2 Å². The largest absolute Gasteiger partial charge is 0.486 e. The van der Waals surface area contributed by atoms with Crippen molar-refractivity contribution in [3.05, 3.63) is 17.7 Å². The molecule has 1 amide bonds. The quantitative estimate of drug-likeness (QED) is 0.579. The summed E-state index contributed by atoms with van der Waals surface area (Å²) < 4.78 is 16.2. The van der Waals surface area contributed by atoms with E-state index >= 15 is 0 Å². The van der Waals surface area contributed by atoms with Crippen molar-refractivity contribution in [1.82, 2.24) is 4.90 Å². The van der Waals surface area contributed by atoms with Gasteiger partial charge in [0.1, 0.15) is 13.2 Å². The third-order valence-corrected chi connectivity index (χ3v) is 5.10. The van der Waals surface area contributed by atoms with Gasteiger partial charge in [-0.3, -0.25) is 24.2 Å². The normalized spacial score (nSPS) is 22.0. The maximum Gasteiger partial charge on any atom is 0.310 e. The van der Waals surface area contributed by atoms with Crippen molar-refractivity contribution < 1.29 is 28.6 Å². The first-order chi connectivity index (χ1) is 13.1. The van der Waals surface area contributed by atoms with E-state index in [0.717, 1.165) is 19.4 Å². The highest BCUT2D eigenvalue weighted by Crippen LogP contribution is 2.40. The summed E-state index contributed by atoms with van der Waals surface area (Å²) in [6.45, 7) is 4.52. The van der Waals surface area contributed by atoms with Crippen molar-refractivity contribution in [1.29, 1.82) is 0 Å². The molecule has 3 aliphatic rings. The first-order valence-corrected chi connectivity index (χ1v) is 9.27. The zero-order valence-corrected chi connectivity index (χ0v) is 15.2. The van der Waals surface area contributed by atoms with Crippen LogP contribution >= 0.6 is 0 Å². The molecule has 144 valence electrons. The predicted octanol–water partition coefficient (Wildman–Crippen LogP) is 1.22. The number of hydrogen-bond donors (Lipinski definition) is 0. The number of likely N-dealkylation sites (tertiary alicyclic amines) is 1. The van der Waals surface area contributed by atoms with Gasteiger partial charge < -0.3 is 14.2 Å². The van der Waals surface area contributed by atoms with Crippen LogP contribution in [0.15, 0.2) is 12.1 Å². The Balaban J connectivity index is 1.54. The fourth-order valence-corrected chi connectivity index (χ4v) is 3.81. The molecule has 8 nitrogen and oxygen atoms in total. The average molecular weight is 374 g/mol. The number of hydrogen-bond acceptors (Lipinski definition) is 7. The summed E-state index contributed by atoms with van der Waals surface area (Å²) in [6, 6.07) is 3.28. The van der Waals surface area contributed by atoms with Crippen LogP contribution in [0.5, 0.6) is 11.5 Å². The molecule has 1 saturated heterocycles. The zero-order valence-electron chi connectivity index (χ0n) is 15.2. The number of amides is 1. The van der Waals surface area contributed by atoms with Crippen LogP contribution in [-0.2, 0) is 14.3 Å². The van der Waals surface area contributed by atoms with Gasteiger partial charge in [0.15, 0.2) is 11.5 Å². The van der Waals surface area contributed by atoms with Crippen molar-refractivity contribution in [2.24, 2.45) is 5.92 Å². The first kappa shape index (κ1) is 17.8. The van der Waals surface area contributed by atoms with Gasteiger partial charge in [-0.05, 0) is 32.4 Å². The van der Waals surface area contributed by atoms with Gasteiger partial charge >= 0.3 is 11.9 Å². The van der Waals surface area contributed by atoms with E-state index < -0.39 is 11.7 Å².